The van der Waals surface area contributed by atoms with Crippen LogP contribution < -0.4 is 5.73 Å². The summed E-state index contributed by atoms with van der Waals surface area (Å²) in [7, 11) is 0. The van der Waals surface area contributed by atoms with E-state index in [0.717, 1.165) is 0 Å². The second kappa shape index (κ2) is 6.22. The van der Waals surface area contributed by atoms with Crippen molar-refractivity contribution >= 4 is 40.2 Å². The first-order valence-electron chi connectivity index (χ1n) is 7.67. The number of pyridine rings is 1. The summed E-state index contributed by atoms with van der Waals surface area (Å²) in [6.07, 6.45) is 4.50. The van der Waals surface area contributed by atoms with Crippen LogP contribution in [0.2, 0.25) is 10.0 Å². The molecule has 4 rings (SSSR count). The van der Waals surface area contributed by atoms with Gasteiger partial charge in [0.2, 0.25) is 11.9 Å². The Morgan fingerprint density at radius 2 is 2.00 bits per heavy atom. The molecule has 0 aliphatic heterocycles. The lowest BCUT2D eigenvalue weighted by Crippen LogP contribution is -2.10. The Morgan fingerprint density at radius 3 is 2.69 bits per heavy atom. The topological polar surface area (TPSA) is 87.4 Å². The molecule has 26 heavy (non-hydrogen) atoms. The maximum absolute atomic E-state index is 14.7. The number of aryl methyl sites for hydroxylation is 1. The molecule has 0 atom stereocenters. The molecule has 0 amide bonds. The van der Waals surface area contributed by atoms with Crippen LogP contribution in [0.3, 0.4) is 0 Å². The van der Waals surface area contributed by atoms with Crippen molar-refractivity contribution in [2.24, 2.45) is 0 Å². The fraction of sp³-hybridized carbons (Fsp3) is 0.125. The fourth-order valence-corrected chi connectivity index (χ4v) is 3.18. The molecule has 0 fully saturated rings. The number of hydrogen-bond acceptors (Lipinski definition) is 5. The number of aromatic nitrogens is 6. The molecule has 0 aliphatic rings. The third kappa shape index (κ3) is 2.41. The lowest BCUT2D eigenvalue weighted by molar-refractivity contribution is 0.631. The maximum Gasteiger partial charge on any atom is 0.235 e. The van der Waals surface area contributed by atoms with E-state index in [1.165, 1.54) is 11.0 Å². The summed E-state index contributed by atoms with van der Waals surface area (Å²) in [5.41, 5.74) is 7.93. The van der Waals surface area contributed by atoms with Gasteiger partial charge in [-0.15, -0.1) is 0 Å². The molecule has 3 aromatic heterocycles. The average Bonchev–Trinajstić information content (AvgIpc) is 3.22. The van der Waals surface area contributed by atoms with Crippen LogP contribution in [0.5, 0.6) is 0 Å². The predicted octanol–water partition coefficient (Wildman–Crippen LogP) is 3.73. The van der Waals surface area contributed by atoms with Gasteiger partial charge in [-0.1, -0.05) is 23.2 Å². The number of nitrogen functional groups attached to an aromatic ring is 1. The highest BCUT2D eigenvalue weighted by Gasteiger charge is 2.21. The van der Waals surface area contributed by atoms with Crippen molar-refractivity contribution in [2.75, 3.05) is 5.73 Å². The van der Waals surface area contributed by atoms with Gasteiger partial charge in [0.05, 0.1) is 21.8 Å². The van der Waals surface area contributed by atoms with Gasteiger partial charge in [-0.3, -0.25) is 4.98 Å². The molecule has 0 spiro atoms. The number of rotatable bonds is 3. The van der Waals surface area contributed by atoms with E-state index in [9.17, 15) is 4.39 Å². The minimum Gasteiger partial charge on any atom is -0.368 e. The summed E-state index contributed by atoms with van der Waals surface area (Å²) in [5, 5.41) is 4.11. The summed E-state index contributed by atoms with van der Waals surface area (Å²) in [6.45, 7) is 2.48. The van der Waals surface area contributed by atoms with Crippen LogP contribution >= 0.6 is 23.2 Å². The van der Waals surface area contributed by atoms with E-state index >= 15 is 0 Å². The van der Waals surface area contributed by atoms with E-state index in [4.69, 9.17) is 28.9 Å². The predicted molar refractivity (Wildman–Crippen MR) is 97.9 cm³/mol. The van der Waals surface area contributed by atoms with E-state index in [0.29, 0.717) is 29.1 Å². The Kier molecular flexibility index (Phi) is 4.01. The summed E-state index contributed by atoms with van der Waals surface area (Å²) in [6, 6.07) is 3.11. The van der Waals surface area contributed by atoms with Crippen LogP contribution in [-0.2, 0) is 6.54 Å². The zero-order valence-electron chi connectivity index (χ0n) is 13.5. The van der Waals surface area contributed by atoms with Crippen LogP contribution in [-0.4, -0.2) is 29.3 Å². The minimum atomic E-state index is -0.612. The van der Waals surface area contributed by atoms with Crippen molar-refractivity contribution in [2.45, 2.75) is 13.5 Å². The zero-order valence-corrected chi connectivity index (χ0v) is 15.0. The molecule has 3 heterocycles. The second-order valence-corrected chi connectivity index (χ2v) is 6.25. The molecule has 0 unspecified atom stereocenters. The summed E-state index contributed by atoms with van der Waals surface area (Å²) in [5.74, 6) is 0.0524. The highest BCUT2D eigenvalue weighted by atomic mass is 35.5. The minimum absolute atomic E-state index is 0.135. The number of halogens is 3. The number of fused-ring (bicyclic) bond motifs is 1. The summed E-state index contributed by atoms with van der Waals surface area (Å²) in [4.78, 5) is 12.6. The van der Waals surface area contributed by atoms with Crippen molar-refractivity contribution < 1.29 is 4.39 Å². The van der Waals surface area contributed by atoms with Crippen LogP contribution in [0.25, 0.3) is 28.1 Å². The van der Waals surface area contributed by atoms with Crippen molar-refractivity contribution in [3.8, 4) is 17.1 Å². The highest BCUT2D eigenvalue weighted by Crippen LogP contribution is 2.36. The highest BCUT2D eigenvalue weighted by molar-refractivity contribution is 6.42. The third-order valence-corrected chi connectivity index (χ3v) is 4.82. The normalized spacial score (nSPS) is 11.4. The number of imidazole rings is 1. The van der Waals surface area contributed by atoms with Crippen molar-refractivity contribution in [3.63, 3.8) is 0 Å². The number of nitrogens with two attached hydrogens (primary N) is 1. The van der Waals surface area contributed by atoms with Gasteiger partial charge in [0, 0.05) is 23.9 Å². The molecule has 10 heteroatoms. The third-order valence-electron chi connectivity index (χ3n) is 4.04. The van der Waals surface area contributed by atoms with Gasteiger partial charge in [0.15, 0.2) is 5.82 Å². The molecule has 0 saturated heterocycles. The fourth-order valence-electron chi connectivity index (χ4n) is 2.87. The molecular weight excluding hydrogens is 380 g/mol. The van der Waals surface area contributed by atoms with Gasteiger partial charge < -0.3 is 10.3 Å². The first kappa shape index (κ1) is 16.7. The van der Waals surface area contributed by atoms with Crippen LogP contribution in [0, 0.1) is 5.82 Å². The Hall–Kier alpha value is -2.71. The molecule has 4 aromatic rings. The lowest BCUT2D eigenvalue weighted by atomic mass is 10.1. The molecule has 7 nitrogen and oxygen atoms in total. The number of hydrogen-bond donors (Lipinski definition) is 1. The van der Waals surface area contributed by atoms with E-state index in [1.807, 2.05) is 11.5 Å². The van der Waals surface area contributed by atoms with Gasteiger partial charge >= 0.3 is 0 Å². The molecule has 0 aliphatic carbocycles. The average molecular weight is 392 g/mol. The van der Waals surface area contributed by atoms with Crippen molar-refractivity contribution in [1.82, 2.24) is 29.3 Å². The lowest BCUT2D eigenvalue weighted by Gasteiger charge is -2.11. The first-order valence-corrected chi connectivity index (χ1v) is 8.42. The Morgan fingerprint density at radius 1 is 1.19 bits per heavy atom. The van der Waals surface area contributed by atoms with E-state index in [2.05, 4.69) is 20.1 Å². The zero-order chi connectivity index (χ0) is 18.4. The number of anilines is 1. The first-order chi connectivity index (χ1) is 12.5. The largest absolute Gasteiger partial charge is 0.368 e. The molecule has 1 aromatic carbocycles. The van der Waals surface area contributed by atoms with Crippen LogP contribution in [0.1, 0.15) is 6.92 Å². The summed E-state index contributed by atoms with van der Waals surface area (Å²) < 4.78 is 18.0. The SMILES string of the molecule is CCn1c(-n2ncnc2N)nc2cncc(-c3ccc(Cl)c(Cl)c3F)c21. The second-order valence-electron chi connectivity index (χ2n) is 5.46. The molecule has 0 radical (unpaired) electrons. The van der Waals surface area contributed by atoms with Crippen molar-refractivity contribution in [3.05, 3.63) is 46.7 Å². The molecule has 0 saturated carbocycles. The smallest absolute Gasteiger partial charge is 0.235 e. The quantitative estimate of drug-likeness (QED) is 0.537. The Balaban J connectivity index is 2.06. The monoisotopic (exact) mass is 391 g/mol. The van der Waals surface area contributed by atoms with Crippen molar-refractivity contribution in [1.29, 1.82) is 0 Å². The Bertz CT molecular complexity index is 1140. The van der Waals surface area contributed by atoms with Gasteiger partial charge in [0.1, 0.15) is 11.8 Å². The van der Waals surface area contributed by atoms with E-state index in [1.54, 1.807) is 24.5 Å². The number of benzene rings is 1. The van der Waals surface area contributed by atoms with E-state index in [-0.39, 0.29) is 21.6 Å². The van der Waals surface area contributed by atoms with Crippen LogP contribution in [0.15, 0.2) is 30.9 Å². The van der Waals surface area contributed by atoms with Gasteiger partial charge in [0.25, 0.3) is 0 Å². The molecular formula is C16H12Cl2FN7. The molecule has 0 bridgehead atoms. The van der Waals surface area contributed by atoms with E-state index < -0.39 is 5.82 Å². The Labute approximate surface area is 157 Å². The number of nitrogens with zero attached hydrogens (tertiary/aromatic N) is 6. The standard InChI is InChI=1S/C16H12Cl2FN7/c1-2-25-14-9(8-3-4-10(17)12(18)13(8)19)5-21-6-11(14)24-16(25)26-15(20)22-7-23-26/h3-7H,2H2,1H3,(H2,20,22,23). The van der Waals surface area contributed by atoms with Gasteiger partial charge in [-0.05, 0) is 19.1 Å². The molecule has 132 valence electrons. The molecule has 2 N–H and O–H groups in total. The van der Waals surface area contributed by atoms with Crippen LogP contribution in [0.4, 0.5) is 10.3 Å². The van der Waals surface area contributed by atoms with Gasteiger partial charge in [-0.25, -0.2) is 9.37 Å². The van der Waals surface area contributed by atoms with Gasteiger partial charge in [-0.2, -0.15) is 14.8 Å². The maximum atomic E-state index is 14.7. The summed E-state index contributed by atoms with van der Waals surface area (Å²) >= 11 is 11.9.